The molecule has 3 aromatic rings. The van der Waals surface area contributed by atoms with Gasteiger partial charge in [-0.05, 0) is 48.7 Å². The topological polar surface area (TPSA) is 48.1 Å². The summed E-state index contributed by atoms with van der Waals surface area (Å²) in [6, 6.07) is 22.7. The van der Waals surface area contributed by atoms with Gasteiger partial charge in [-0.15, -0.1) is 0 Å². The van der Waals surface area contributed by atoms with Gasteiger partial charge in [0.05, 0.1) is 12.8 Å². The Kier molecular flexibility index (Phi) is 4.80. The molecule has 0 radical (unpaired) electrons. The highest BCUT2D eigenvalue weighted by Gasteiger charge is 2.17. The zero-order chi connectivity index (χ0) is 16.9. The van der Waals surface area contributed by atoms with Gasteiger partial charge in [-0.25, -0.2) is 4.98 Å². The van der Waals surface area contributed by atoms with Crippen molar-refractivity contribution in [1.29, 1.82) is 0 Å². The summed E-state index contributed by atoms with van der Waals surface area (Å²) in [6.45, 7) is 2.10. The fourth-order valence-electron chi connectivity index (χ4n) is 2.85. The minimum atomic E-state index is 0.155. The highest BCUT2D eigenvalue weighted by atomic mass is 16.5. The van der Waals surface area contributed by atoms with E-state index in [0.29, 0.717) is 5.82 Å². The average molecular weight is 318 g/mol. The van der Waals surface area contributed by atoms with Crippen LogP contribution in [0.3, 0.4) is 0 Å². The summed E-state index contributed by atoms with van der Waals surface area (Å²) in [5.41, 5.74) is 10.6. The standard InChI is InChI=1S/C21H22N2O/c1-15-6-8-16(9-7-15)14-19(20-4-3-5-21(22)23-20)17-10-12-18(24-2)13-11-17/h3-13,19H,14H2,1-2H3,(H2,22,23). The number of rotatable bonds is 5. The third kappa shape index (κ3) is 3.74. The first-order valence-electron chi connectivity index (χ1n) is 8.07. The molecule has 0 aliphatic carbocycles. The Balaban J connectivity index is 1.97. The number of nitrogens with two attached hydrogens (primary N) is 1. The molecule has 0 spiro atoms. The largest absolute Gasteiger partial charge is 0.497 e. The lowest BCUT2D eigenvalue weighted by molar-refractivity contribution is 0.414. The molecule has 1 unspecified atom stereocenters. The van der Waals surface area contributed by atoms with Crippen LogP contribution in [0.15, 0.2) is 66.7 Å². The van der Waals surface area contributed by atoms with E-state index >= 15 is 0 Å². The highest BCUT2D eigenvalue weighted by molar-refractivity contribution is 5.38. The van der Waals surface area contributed by atoms with Crippen molar-refractivity contribution < 1.29 is 4.74 Å². The lowest BCUT2D eigenvalue weighted by Gasteiger charge is -2.18. The number of nitrogens with zero attached hydrogens (tertiary/aromatic N) is 1. The smallest absolute Gasteiger partial charge is 0.123 e. The first kappa shape index (κ1) is 16.1. The van der Waals surface area contributed by atoms with Crippen LogP contribution in [0.25, 0.3) is 0 Å². The number of hydrogen-bond donors (Lipinski definition) is 1. The van der Waals surface area contributed by atoms with Crippen molar-refractivity contribution in [3.63, 3.8) is 0 Å². The van der Waals surface area contributed by atoms with E-state index in [0.717, 1.165) is 17.9 Å². The molecule has 2 N–H and O–H groups in total. The quantitative estimate of drug-likeness (QED) is 0.760. The second kappa shape index (κ2) is 7.18. The Bertz CT molecular complexity index is 795. The maximum absolute atomic E-state index is 5.90. The van der Waals surface area contributed by atoms with Gasteiger partial charge in [0, 0.05) is 5.92 Å². The van der Waals surface area contributed by atoms with Gasteiger partial charge in [0.2, 0.25) is 0 Å². The molecule has 1 heterocycles. The molecule has 1 atom stereocenters. The zero-order valence-corrected chi connectivity index (χ0v) is 14.1. The molecular formula is C21H22N2O. The Morgan fingerprint density at radius 3 is 2.29 bits per heavy atom. The second-order valence-corrected chi connectivity index (χ2v) is 6.00. The van der Waals surface area contributed by atoms with Crippen molar-refractivity contribution >= 4 is 5.82 Å². The molecule has 3 rings (SSSR count). The number of benzene rings is 2. The van der Waals surface area contributed by atoms with Gasteiger partial charge < -0.3 is 10.5 Å². The Morgan fingerprint density at radius 1 is 0.958 bits per heavy atom. The lowest BCUT2D eigenvalue weighted by Crippen LogP contribution is -2.08. The molecule has 0 bridgehead atoms. The highest BCUT2D eigenvalue weighted by Crippen LogP contribution is 2.29. The van der Waals surface area contributed by atoms with Crippen LogP contribution in [0.4, 0.5) is 5.82 Å². The monoisotopic (exact) mass is 318 g/mol. The van der Waals surface area contributed by atoms with E-state index in [9.17, 15) is 0 Å². The van der Waals surface area contributed by atoms with E-state index in [1.54, 1.807) is 7.11 Å². The predicted octanol–water partition coefficient (Wildman–Crippen LogP) is 4.36. The number of anilines is 1. The number of pyridine rings is 1. The van der Waals surface area contributed by atoms with Crippen molar-refractivity contribution in [2.45, 2.75) is 19.3 Å². The van der Waals surface area contributed by atoms with Crippen molar-refractivity contribution in [2.75, 3.05) is 12.8 Å². The lowest BCUT2D eigenvalue weighted by atomic mass is 9.88. The summed E-state index contributed by atoms with van der Waals surface area (Å²) in [5.74, 6) is 1.56. The van der Waals surface area contributed by atoms with Gasteiger partial charge >= 0.3 is 0 Å². The van der Waals surface area contributed by atoms with Crippen LogP contribution in [0.1, 0.15) is 28.3 Å². The van der Waals surface area contributed by atoms with E-state index < -0.39 is 0 Å². The number of aryl methyl sites for hydroxylation is 1. The van der Waals surface area contributed by atoms with Gasteiger partial charge in [-0.2, -0.15) is 0 Å². The summed E-state index contributed by atoms with van der Waals surface area (Å²) in [4.78, 5) is 4.55. The van der Waals surface area contributed by atoms with E-state index in [2.05, 4.69) is 48.3 Å². The number of aromatic nitrogens is 1. The van der Waals surface area contributed by atoms with E-state index in [1.807, 2.05) is 30.3 Å². The molecule has 2 aromatic carbocycles. The molecule has 1 aromatic heterocycles. The van der Waals surface area contributed by atoms with Gasteiger partial charge in [0.1, 0.15) is 11.6 Å². The number of methoxy groups -OCH3 is 1. The molecule has 24 heavy (non-hydrogen) atoms. The van der Waals surface area contributed by atoms with Crippen LogP contribution in [-0.4, -0.2) is 12.1 Å². The number of nitrogen functional groups attached to an aromatic ring is 1. The van der Waals surface area contributed by atoms with Crippen molar-refractivity contribution in [3.8, 4) is 5.75 Å². The molecule has 0 aliphatic heterocycles. The van der Waals surface area contributed by atoms with Crippen LogP contribution < -0.4 is 10.5 Å². The molecule has 0 saturated carbocycles. The van der Waals surface area contributed by atoms with Gasteiger partial charge in [0.25, 0.3) is 0 Å². The molecule has 0 amide bonds. The molecule has 3 heteroatoms. The molecule has 0 aliphatic rings. The maximum atomic E-state index is 5.90. The van der Waals surface area contributed by atoms with Crippen LogP contribution in [0.5, 0.6) is 5.75 Å². The Labute approximate surface area is 143 Å². The zero-order valence-electron chi connectivity index (χ0n) is 14.1. The third-order valence-corrected chi connectivity index (χ3v) is 4.23. The summed E-state index contributed by atoms with van der Waals surface area (Å²) in [5, 5.41) is 0. The molecule has 122 valence electrons. The molecule has 0 saturated heterocycles. The Morgan fingerprint density at radius 2 is 1.67 bits per heavy atom. The fourth-order valence-corrected chi connectivity index (χ4v) is 2.85. The third-order valence-electron chi connectivity index (χ3n) is 4.23. The van der Waals surface area contributed by atoms with Crippen LogP contribution in [0.2, 0.25) is 0 Å². The normalized spacial score (nSPS) is 11.9. The predicted molar refractivity (Wildman–Crippen MR) is 98.4 cm³/mol. The summed E-state index contributed by atoms with van der Waals surface area (Å²) in [7, 11) is 1.68. The summed E-state index contributed by atoms with van der Waals surface area (Å²) < 4.78 is 5.27. The van der Waals surface area contributed by atoms with E-state index in [-0.39, 0.29) is 5.92 Å². The summed E-state index contributed by atoms with van der Waals surface area (Å²) in [6.07, 6.45) is 0.878. The molecule has 0 fully saturated rings. The first-order valence-corrected chi connectivity index (χ1v) is 8.07. The average Bonchev–Trinajstić information content (AvgIpc) is 2.61. The van der Waals surface area contributed by atoms with Crippen molar-refractivity contribution in [3.05, 3.63) is 89.1 Å². The fraction of sp³-hybridized carbons (Fsp3) is 0.190. The molecular weight excluding hydrogens is 296 g/mol. The van der Waals surface area contributed by atoms with Crippen LogP contribution in [0, 0.1) is 6.92 Å². The minimum absolute atomic E-state index is 0.155. The number of ether oxygens (including phenoxy) is 1. The number of hydrogen-bond acceptors (Lipinski definition) is 3. The maximum Gasteiger partial charge on any atom is 0.123 e. The van der Waals surface area contributed by atoms with Gasteiger partial charge in [0.15, 0.2) is 0 Å². The van der Waals surface area contributed by atoms with Crippen LogP contribution >= 0.6 is 0 Å². The minimum Gasteiger partial charge on any atom is -0.497 e. The first-order chi connectivity index (χ1) is 11.7. The molecule has 3 nitrogen and oxygen atoms in total. The van der Waals surface area contributed by atoms with Gasteiger partial charge in [-0.3, -0.25) is 0 Å². The van der Waals surface area contributed by atoms with Crippen LogP contribution in [-0.2, 0) is 6.42 Å². The Hall–Kier alpha value is -2.81. The van der Waals surface area contributed by atoms with E-state index in [4.69, 9.17) is 10.5 Å². The van der Waals surface area contributed by atoms with E-state index in [1.165, 1.54) is 16.7 Å². The van der Waals surface area contributed by atoms with Crippen molar-refractivity contribution in [2.24, 2.45) is 0 Å². The summed E-state index contributed by atoms with van der Waals surface area (Å²) >= 11 is 0. The SMILES string of the molecule is COc1ccc(C(Cc2ccc(C)cc2)c2cccc(N)n2)cc1. The van der Waals surface area contributed by atoms with Gasteiger partial charge in [-0.1, -0.05) is 48.0 Å². The second-order valence-electron chi connectivity index (χ2n) is 6.00. The van der Waals surface area contributed by atoms with Crippen molar-refractivity contribution in [1.82, 2.24) is 4.98 Å².